The van der Waals surface area contributed by atoms with Gasteiger partial charge in [0.05, 0.1) is 11.4 Å². The Bertz CT molecular complexity index is 645. The van der Waals surface area contributed by atoms with Gasteiger partial charge in [-0.1, -0.05) is 102 Å². The Morgan fingerprint density at radius 1 is 0.867 bits per heavy atom. The van der Waals surface area contributed by atoms with Crippen LogP contribution in [0.4, 0.5) is 5.69 Å². The number of hydrogen-bond acceptors (Lipinski definition) is 3. The minimum Gasteiger partial charge on any atom is -0.342 e. The Morgan fingerprint density at radius 2 is 1.40 bits per heavy atom. The lowest BCUT2D eigenvalue weighted by Crippen LogP contribution is -2.42. The number of nitrogens with zero attached hydrogens (tertiary/aromatic N) is 2. The van der Waals surface area contributed by atoms with Gasteiger partial charge in [0.25, 0.3) is 5.91 Å². The maximum Gasteiger partial charge on any atom is 0.275 e. The van der Waals surface area contributed by atoms with Crippen molar-refractivity contribution in [3.63, 3.8) is 0 Å². The first-order chi connectivity index (χ1) is 14.8. The standard InChI is InChI=1S/C25H39N3O2/c1-2-3-4-5-6-7-8-9-10-11-12-13-17-20-23-24(26-21-29)25(30)28(27-23)22-18-15-14-16-19-22/h14-16,18-19,21,24H,2-13,17,20H2,1H3,(H,26,29)/t24-/m1/s1. The zero-order chi connectivity index (χ0) is 21.4. The molecule has 5 heteroatoms. The van der Waals surface area contributed by atoms with Gasteiger partial charge in [-0.15, -0.1) is 0 Å². The summed E-state index contributed by atoms with van der Waals surface area (Å²) < 4.78 is 0. The molecule has 1 N–H and O–H groups in total. The molecule has 1 heterocycles. The molecule has 1 aliphatic heterocycles. The van der Waals surface area contributed by atoms with Gasteiger partial charge >= 0.3 is 0 Å². The monoisotopic (exact) mass is 413 g/mol. The topological polar surface area (TPSA) is 61.8 Å². The molecule has 2 amide bonds. The van der Waals surface area contributed by atoms with Crippen molar-refractivity contribution < 1.29 is 9.59 Å². The second-order valence-electron chi connectivity index (χ2n) is 8.29. The van der Waals surface area contributed by atoms with E-state index in [2.05, 4.69) is 17.3 Å². The van der Waals surface area contributed by atoms with Gasteiger partial charge < -0.3 is 5.32 Å². The van der Waals surface area contributed by atoms with Crippen molar-refractivity contribution in [3.05, 3.63) is 30.3 Å². The van der Waals surface area contributed by atoms with E-state index in [-0.39, 0.29) is 5.91 Å². The molecule has 1 aromatic carbocycles. The molecule has 0 saturated heterocycles. The lowest BCUT2D eigenvalue weighted by molar-refractivity contribution is -0.120. The summed E-state index contributed by atoms with van der Waals surface area (Å²) in [5.74, 6) is -0.182. The molecule has 5 nitrogen and oxygen atoms in total. The van der Waals surface area contributed by atoms with Gasteiger partial charge in [0.15, 0.2) is 6.04 Å². The molecule has 0 aromatic heterocycles. The molecule has 2 rings (SSSR count). The van der Waals surface area contributed by atoms with Gasteiger partial charge in [-0.05, 0) is 25.0 Å². The van der Waals surface area contributed by atoms with E-state index in [4.69, 9.17) is 0 Å². The number of benzene rings is 1. The highest BCUT2D eigenvalue weighted by Crippen LogP contribution is 2.22. The lowest BCUT2D eigenvalue weighted by Gasteiger charge is -2.13. The summed E-state index contributed by atoms with van der Waals surface area (Å²) >= 11 is 0. The Balaban J connectivity index is 1.60. The van der Waals surface area contributed by atoms with E-state index in [9.17, 15) is 9.59 Å². The number of carbonyl (C=O) groups is 2. The fourth-order valence-corrected chi connectivity index (χ4v) is 4.01. The quantitative estimate of drug-likeness (QED) is 0.252. The third kappa shape index (κ3) is 8.29. The van der Waals surface area contributed by atoms with E-state index in [1.165, 1.54) is 75.6 Å². The molecule has 166 valence electrons. The molecule has 1 aliphatic rings. The number of anilines is 1. The van der Waals surface area contributed by atoms with E-state index in [1.807, 2.05) is 30.3 Å². The maximum absolute atomic E-state index is 12.6. The third-order valence-corrected chi connectivity index (χ3v) is 5.79. The Kier molecular flexibility index (Phi) is 11.9. The SMILES string of the molecule is CCCCCCCCCCCCCCCC1=NN(c2ccccc2)C(=O)[C@@H]1NC=O. The Labute approximate surface area is 182 Å². The number of para-hydroxylation sites is 1. The molecule has 0 spiro atoms. The molecular weight excluding hydrogens is 374 g/mol. The first-order valence-corrected chi connectivity index (χ1v) is 11.9. The van der Waals surface area contributed by atoms with Crippen LogP contribution in [0.1, 0.15) is 96.8 Å². The number of rotatable bonds is 17. The highest BCUT2D eigenvalue weighted by Gasteiger charge is 2.35. The fourth-order valence-electron chi connectivity index (χ4n) is 4.01. The fraction of sp³-hybridized carbons (Fsp3) is 0.640. The van der Waals surface area contributed by atoms with Gasteiger partial charge in [-0.25, -0.2) is 0 Å². The molecule has 0 fully saturated rings. The van der Waals surface area contributed by atoms with E-state index < -0.39 is 6.04 Å². The second-order valence-corrected chi connectivity index (χ2v) is 8.29. The molecule has 0 bridgehead atoms. The molecule has 1 atom stereocenters. The summed E-state index contributed by atoms with van der Waals surface area (Å²) in [5.41, 5.74) is 1.50. The number of hydrazone groups is 1. The summed E-state index contributed by atoms with van der Waals surface area (Å²) in [5, 5.41) is 8.57. The van der Waals surface area contributed by atoms with Crippen LogP contribution >= 0.6 is 0 Å². The number of amides is 2. The van der Waals surface area contributed by atoms with Crippen molar-refractivity contribution in [2.24, 2.45) is 5.10 Å². The van der Waals surface area contributed by atoms with Crippen LogP contribution in [-0.4, -0.2) is 24.1 Å². The van der Waals surface area contributed by atoms with Gasteiger partial charge in [-0.3, -0.25) is 9.59 Å². The number of unbranched alkanes of at least 4 members (excludes halogenated alkanes) is 12. The highest BCUT2D eigenvalue weighted by atomic mass is 16.2. The normalized spacial score (nSPS) is 16.0. The molecule has 30 heavy (non-hydrogen) atoms. The average molecular weight is 414 g/mol. The summed E-state index contributed by atoms with van der Waals surface area (Å²) in [6.07, 6.45) is 18.4. The van der Waals surface area contributed by atoms with Gasteiger partial charge in [-0.2, -0.15) is 10.1 Å². The van der Waals surface area contributed by atoms with Crippen molar-refractivity contribution in [1.29, 1.82) is 0 Å². The highest BCUT2D eigenvalue weighted by molar-refractivity contribution is 6.19. The summed E-state index contributed by atoms with van der Waals surface area (Å²) in [7, 11) is 0. The number of nitrogens with one attached hydrogen (secondary N) is 1. The van der Waals surface area contributed by atoms with Crippen LogP contribution in [0.5, 0.6) is 0 Å². The van der Waals surface area contributed by atoms with E-state index >= 15 is 0 Å². The van der Waals surface area contributed by atoms with Crippen LogP contribution in [-0.2, 0) is 9.59 Å². The van der Waals surface area contributed by atoms with Crippen LogP contribution in [0.3, 0.4) is 0 Å². The molecule has 0 aliphatic carbocycles. The second kappa shape index (κ2) is 14.8. The van der Waals surface area contributed by atoms with E-state index in [1.54, 1.807) is 0 Å². The molecule has 0 saturated carbocycles. The van der Waals surface area contributed by atoms with Gasteiger partial charge in [0, 0.05) is 0 Å². The van der Waals surface area contributed by atoms with Crippen molar-refractivity contribution in [1.82, 2.24) is 5.32 Å². The first kappa shape index (κ1) is 24.1. The molecular formula is C25H39N3O2. The zero-order valence-corrected chi connectivity index (χ0v) is 18.7. The predicted octanol–water partition coefficient (Wildman–Crippen LogP) is 5.99. The number of carbonyl (C=O) groups excluding carboxylic acids is 2. The van der Waals surface area contributed by atoms with Crippen LogP contribution in [0.25, 0.3) is 0 Å². The van der Waals surface area contributed by atoms with E-state index in [0.717, 1.165) is 30.7 Å². The van der Waals surface area contributed by atoms with Crippen molar-refractivity contribution in [3.8, 4) is 0 Å². The van der Waals surface area contributed by atoms with Gasteiger partial charge in [0.1, 0.15) is 0 Å². The Hall–Kier alpha value is -2.17. The van der Waals surface area contributed by atoms with Crippen LogP contribution in [0, 0.1) is 0 Å². The summed E-state index contributed by atoms with van der Waals surface area (Å²) in [4.78, 5) is 23.6. The zero-order valence-electron chi connectivity index (χ0n) is 18.7. The van der Waals surface area contributed by atoms with Crippen molar-refractivity contribution >= 4 is 23.7 Å². The van der Waals surface area contributed by atoms with E-state index in [0.29, 0.717) is 6.41 Å². The summed E-state index contributed by atoms with van der Waals surface area (Å²) in [6.45, 7) is 2.26. The smallest absolute Gasteiger partial charge is 0.275 e. The predicted molar refractivity (Wildman–Crippen MR) is 125 cm³/mol. The summed E-state index contributed by atoms with van der Waals surface area (Å²) in [6, 6.07) is 8.75. The number of hydrogen-bond donors (Lipinski definition) is 1. The minimum absolute atomic E-state index is 0.182. The molecule has 0 radical (unpaired) electrons. The van der Waals surface area contributed by atoms with Gasteiger partial charge in [0.2, 0.25) is 6.41 Å². The first-order valence-electron chi connectivity index (χ1n) is 11.9. The van der Waals surface area contributed by atoms with Crippen molar-refractivity contribution in [2.45, 2.75) is 103 Å². The lowest BCUT2D eigenvalue weighted by atomic mass is 10.0. The van der Waals surface area contributed by atoms with Crippen molar-refractivity contribution in [2.75, 3.05) is 5.01 Å². The third-order valence-electron chi connectivity index (χ3n) is 5.79. The maximum atomic E-state index is 12.6. The van der Waals surface area contributed by atoms with Crippen LogP contribution in [0.2, 0.25) is 0 Å². The average Bonchev–Trinajstić information content (AvgIpc) is 3.08. The molecule has 1 aromatic rings. The van der Waals surface area contributed by atoms with Crippen LogP contribution < -0.4 is 10.3 Å². The van der Waals surface area contributed by atoms with Crippen LogP contribution in [0.15, 0.2) is 35.4 Å². The molecule has 0 unspecified atom stereocenters. The largest absolute Gasteiger partial charge is 0.342 e. The minimum atomic E-state index is -0.625. The Morgan fingerprint density at radius 3 is 1.93 bits per heavy atom.